The SMILES string of the molecule is CC(=O)c1c(/C=C/C(=O)O)cccc1-c1nc(-c2ccccc2)cs1. The Labute approximate surface area is 149 Å². The van der Waals surface area contributed by atoms with Crippen LogP contribution in [-0.2, 0) is 4.79 Å². The minimum atomic E-state index is -1.06. The van der Waals surface area contributed by atoms with E-state index < -0.39 is 5.97 Å². The molecule has 0 aliphatic heterocycles. The molecule has 0 saturated carbocycles. The van der Waals surface area contributed by atoms with E-state index in [0.29, 0.717) is 16.7 Å². The molecule has 1 heterocycles. The third kappa shape index (κ3) is 3.72. The number of rotatable bonds is 5. The van der Waals surface area contributed by atoms with Crippen LogP contribution in [0.2, 0.25) is 0 Å². The normalized spacial score (nSPS) is 10.9. The molecule has 1 aromatic heterocycles. The van der Waals surface area contributed by atoms with Crippen molar-refractivity contribution in [1.82, 2.24) is 4.98 Å². The van der Waals surface area contributed by atoms with Gasteiger partial charge in [-0.25, -0.2) is 9.78 Å². The number of benzene rings is 2. The summed E-state index contributed by atoms with van der Waals surface area (Å²) in [4.78, 5) is 27.6. The number of carbonyl (C=O) groups is 2. The van der Waals surface area contributed by atoms with Gasteiger partial charge in [-0.2, -0.15) is 0 Å². The molecule has 0 aliphatic carbocycles. The lowest BCUT2D eigenvalue weighted by Gasteiger charge is -2.08. The van der Waals surface area contributed by atoms with Crippen molar-refractivity contribution >= 4 is 29.2 Å². The minimum Gasteiger partial charge on any atom is -0.478 e. The Balaban J connectivity index is 2.09. The summed E-state index contributed by atoms with van der Waals surface area (Å²) < 4.78 is 0. The number of carboxylic acid groups (broad SMARTS) is 1. The molecule has 3 rings (SSSR count). The van der Waals surface area contributed by atoms with Gasteiger partial charge in [-0.1, -0.05) is 48.5 Å². The van der Waals surface area contributed by atoms with Gasteiger partial charge < -0.3 is 5.11 Å². The first-order chi connectivity index (χ1) is 12.1. The first-order valence-corrected chi connectivity index (χ1v) is 8.50. The van der Waals surface area contributed by atoms with Crippen LogP contribution in [0.5, 0.6) is 0 Å². The maximum atomic E-state index is 12.2. The van der Waals surface area contributed by atoms with Gasteiger partial charge in [-0.3, -0.25) is 4.79 Å². The van der Waals surface area contributed by atoms with Gasteiger partial charge in [-0.05, 0) is 18.6 Å². The van der Waals surface area contributed by atoms with Crippen LogP contribution in [-0.4, -0.2) is 21.8 Å². The number of hydrogen-bond acceptors (Lipinski definition) is 4. The zero-order valence-electron chi connectivity index (χ0n) is 13.5. The van der Waals surface area contributed by atoms with Crippen molar-refractivity contribution in [3.8, 4) is 21.8 Å². The molecule has 2 aromatic carbocycles. The molecule has 0 radical (unpaired) electrons. The fraction of sp³-hybridized carbons (Fsp3) is 0.0500. The summed E-state index contributed by atoms with van der Waals surface area (Å²) in [7, 11) is 0. The Morgan fingerprint density at radius 1 is 1.08 bits per heavy atom. The fourth-order valence-corrected chi connectivity index (χ4v) is 3.44. The Hall–Kier alpha value is -3.05. The van der Waals surface area contributed by atoms with E-state index >= 15 is 0 Å². The number of nitrogens with zero attached hydrogens (tertiary/aromatic N) is 1. The second-order valence-electron chi connectivity index (χ2n) is 5.40. The molecule has 0 spiro atoms. The zero-order chi connectivity index (χ0) is 17.8. The molecule has 0 fully saturated rings. The topological polar surface area (TPSA) is 67.3 Å². The van der Waals surface area contributed by atoms with E-state index in [4.69, 9.17) is 5.11 Å². The Bertz CT molecular complexity index is 958. The van der Waals surface area contributed by atoms with E-state index in [1.165, 1.54) is 24.3 Å². The van der Waals surface area contributed by atoms with Gasteiger partial charge in [0.2, 0.25) is 0 Å². The van der Waals surface area contributed by atoms with Crippen LogP contribution in [0.25, 0.3) is 27.9 Å². The van der Waals surface area contributed by atoms with Gasteiger partial charge in [-0.15, -0.1) is 11.3 Å². The lowest BCUT2D eigenvalue weighted by molar-refractivity contribution is -0.131. The van der Waals surface area contributed by atoms with Crippen LogP contribution in [0.4, 0.5) is 0 Å². The molecule has 4 nitrogen and oxygen atoms in total. The van der Waals surface area contributed by atoms with Gasteiger partial charge in [0.15, 0.2) is 5.78 Å². The van der Waals surface area contributed by atoms with Crippen LogP contribution >= 0.6 is 11.3 Å². The third-order valence-corrected chi connectivity index (χ3v) is 4.53. The number of Topliss-reactive ketones (excluding diaryl/α,β-unsaturated/α-hetero) is 1. The summed E-state index contributed by atoms with van der Waals surface area (Å²) in [6.07, 6.45) is 2.47. The van der Waals surface area contributed by atoms with Crippen molar-refractivity contribution in [2.24, 2.45) is 0 Å². The predicted molar refractivity (Wildman–Crippen MR) is 99.7 cm³/mol. The average molecular weight is 349 g/mol. The van der Waals surface area contributed by atoms with E-state index in [9.17, 15) is 9.59 Å². The average Bonchev–Trinajstić information content (AvgIpc) is 3.10. The van der Waals surface area contributed by atoms with Crippen LogP contribution in [0.3, 0.4) is 0 Å². The highest BCUT2D eigenvalue weighted by Crippen LogP contribution is 2.33. The minimum absolute atomic E-state index is 0.128. The second kappa shape index (κ2) is 7.23. The zero-order valence-corrected chi connectivity index (χ0v) is 14.3. The third-order valence-electron chi connectivity index (χ3n) is 3.66. The summed E-state index contributed by atoms with van der Waals surface area (Å²) >= 11 is 1.46. The molecule has 0 aliphatic rings. The van der Waals surface area contributed by atoms with Crippen molar-refractivity contribution in [2.75, 3.05) is 0 Å². The van der Waals surface area contributed by atoms with Crippen molar-refractivity contribution in [3.63, 3.8) is 0 Å². The highest BCUT2D eigenvalue weighted by molar-refractivity contribution is 7.13. The smallest absolute Gasteiger partial charge is 0.328 e. The molecular weight excluding hydrogens is 334 g/mol. The van der Waals surface area contributed by atoms with Crippen molar-refractivity contribution in [2.45, 2.75) is 6.92 Å². The molecule has 0 bridgehead atoms. The molecule has 0 atom stereocenters. The molecule has 25 heavy (non-hydrogen) atoms. The van der Waals surface area contributed by atoms with Crippen LogP contribution in [0.1, 0.15) is 22.8 Å². The number of ketones is 1. The molecule has 124 valence electrons. The molecule has 1 N–H and O–H groups in total. The number of aromatic nitrogens is 1. The van der Waals surface area contributed by atoms with Crippen molar-refractivity contribution in [1.29, 1.82) is 0 Å². The quantitative estimate of drug-likeness (QED) is 0.532. The lowest BCUT2D eigenvalue weighted by atomic mass is 9.97. The Morgan fingerprint density at radius 2 is 1.84 bits per heavy atom. The lowest BCUT2D eigenvalue weighted by Crippen LogP contribution is -2.00. The Morgan fingerprint density at radius 3 is 2.52 bits per heavy atom. The molecule has 0 saturated heterocycles. The number of thiazole rings is 1. The van der Waals surface area contributed by atoms with Crippen LogP contribution in [0.15, 0.2) is 60.0 Å². The monoisotopic (exact) mass is 349 g/mol. The summed E-state index contributed by atoms with van der Waals surface area (Å²) in [5.74, 6) is -1.18. The number of carbonyl (C=O) groups excluding carboxylic acids is 1. The summed E-state index contributed by atoms with van der Waals surface area (Å²) in [6.45, 7) is 1.47. The summed E-state index contributed by atoms with van der Waals surface area (Å²) in [6, 6.07) is 15.2. The Kier molecular flexibility index (Phi) is 4.86. The fourth-order valence-electron chi connectivity index (χ4n) is 2.58. The van der Waals surface area contributed by atoms with Gasteiger partial charge in [0, 0.05) is 28.1 Å². The molecule has 0 unspecified atom stereocenters. The highest BCUT2D eigenvalue weighted by Gasteiger charge is 2.16. The number of aliphatic carboxylic acids is 1. The van der Waals surface area contributed by atoms with Crippen molar-refractivity contribution < 1.29 is 14.7 Å². The predicted octanol–water partition coefficient (Wildman–Crippen LogP) is 4.78. The van der Waals surface area contributed by atoms with Gasteiger partial charge >= 0.3 is 5.97 Å². The maximum absolute atomic E-state index is 12.2. The first kappa shape index (κ1) is 16.8. The van der Waals surface area contributed by atoms with Crippen LogP contribution < -0.4 is 0 Å². The standard InChI is InChI=1S/C20H15NO3S/c1-13(22)19-15(10-11-18(23)24)8-5-9-16(19)20-21-17(12-25-20)14-6-3-2-4-7-14/h2-12H,1H3,(H,23,24)/b11-10+. The van der Waals surface area contributed by atoms with E-state index in [-0.39, 0.29) is 5.78 Å². The van der Waals surface area contributed by atoms with Gasteiger partial charge in [0.05, 0.1) is 5.69 Å². The van der Waals surface area contributed by atoms with E-state index in [1.807, 2.05) is 41.8 Å². The maximum Gasteiger partial charge on any atom is 0.328 e. The van der Waals surface area contributed by atoms with Gasteiger partial charge in [0.25, 0.3) is 0 Å². The first-order valence-electron chi connectivity index (χ1n) is 7.62. The summed E-state index contributed by atoms with van der Waals surface area (Å²) in [5.41, 5.74) is 3.63. The summed E-state index contributed by atoms with van der Waals surface area (Å²) in [5, 5.41) is 11.5. The highest BCUT2D eigenvalue weighted by atomic mass is 32.1. The largest absolute Gasteiger partial charge is 0.478 e. The number of hydrogen-bond donors (Lipinski definition) is 1. The van der Waals surface area contributed by atoms with E-state index in [0.717, 1.165) is 22.3 Å². The molecule has 5 heteroatoms. The van der Waals surface area contributed by atoms with Gasteiger partial charge in [0.1, 0.15) is 5.01 Å². The second-order valence-corrected chi connectivity index (χ2v) is 6.26. The van der Waals surface area contributed by atoms with E-state index in [2.05, 4.69) is 4.98 Å². The van der Waals surface area contributed by atoms with Crippen molar-refractivity contribution in [3.05, 3.63) is 71.1 Å². The molecule has 3 aromatic rings. The van der Waals surface area contributed by atoms with E-state index in [1.54, 1.807) is 12.1 Å². The number of carboxylic acids is 1. The molecular formula is C20H15NO3S. The molecule has 0 amide bonds. The van der Waals surface area contributed by atoms with Crippen LogP contribution in [0, 0.1) is 0 Å².